The molecule has 0 amide bonds. The van der Waals surface area contributed by atoms with E-state index in [0.717, 1.165) is 11.3 Å². The summed E-state index contributed by atoms with van der Waals surface area (Å²) in [6.07, 6.45) is -0.0268. The molecule has 0 fully saturated rings. The number of thiophene rings is 1. The van der Waals surface area contributed by atoms with Crippen LogP contribution in [0.1, 0.15) is 23.0 Å². The molecule has 1 rings (SSSR count). The zero-order valence-electron chi connectivity index (χ0n) is 9.34. The number of hydrogen-bond acceptors (Lipinski definition) is 6. The SMILES string of the molecule is COC(=O)CC(C)C(=O)c1ccc([N+](=O)[O-])s1. The van der Waals surface area contributed by atoms with Crippen LogP contribution in [-0.2, 0) is 9.53 Å². The van der Waals surface area contributed by atoms with Crippen LogP contribution < -0.4 is 0 Å². The lowest BCUT2D eigenvalue weighted by molar-refractivity contribution is -0.380. The van der Waals surface area contributed by atoms with Crippen molar-refractivity contribution < 1.29 is 19.2 Å². The van der Waals surface area contributed by atoms with Crippen LogP contribution in [0.3, 0.4) is 0 Å². The van der Waals surface area contributed by atoms with E-state index in [1.807, 2.05) is 0 Å². The van der Waals surface area contributed by atoms with Gasteiger partial charge in [-0.25, -0.2) is 0 Å². The maximum Gasteiger partial charge on any atom is 0.324 e. The smallest absolute Gasteiger partial charge is 0.324 e. The standard InChI is InChI=1S/C10H11NO5S/c1-6(5-9(12)16-2)10(13)7-3-4-8(17-7)11(14)15/h3-4,6H,5H2,1-2H3. The number of esters is 1. The summed E-state index contributed by atoms with van der Waals surface area (Å²) >= 11 is 0.811. The van der Waals surface area contributed by atoms with E-state index < -0.39 is 16.8 Å². The van der Waals surface area contributed by atoms with Crippen LogP contribution in [0.25, 0.3) is 0 Å². The number of ketones is 1. The summed E-state index contributed by atoms with van der Waals surface area (Å²) in [5.41, 5.74) is 0. The Morgan fingerprint density at radius 1 is 1.53 bits per heavy atom. The highest BCUT2D eigenvalue weighted by Crippen LogP contribution is 2.26. The van der Waals surface area contributed by atoms with Gasteiger partial charge in [0.15, 0.2) is 5.78 Å². The van der Waals surface area contributed by atoms with Gasteiger partial charge < -0.3 is 4.74 Å². The highest BCUT2D eigenvalue weighted by Gasteiger charge is 2.22. The summed E-state index contributed by atoms with van der Waals surface area (Å²) < 4.78 is 4.45. The number of nitrogens with zero attached hydrogens (tertiary/aromatic N) is 1. The summed E-state index contributed by atoms with van der Waals surface area (Å²) in [7, 11) is 1.25. The van der Waals surface area contributed by atoms with Gasteiger partial charge in [-0.2, -0.15) is 0 Å². The van der Waals surface area contributed by atoms with Crippen molar-refractivity contribution in [3.05, 3.63) is 27.1 Å². The molecule has 0 saturated carbocycles. The minimum absolute atomic E-state index is 0.0268. The minimum atomic E-state index is -0.549. The van der Waals surface area contributed by atoms with Crippen molar-refractivity contribution in [2.45, 2.75) is 13.3 Å². The maximum absolute atomic E-state index is 11.8. The van der Waals surface area contributed by atoms with Crippen LogP contribution in [-0.4, -0.2) is 23.8 Å². The summed E-state index contributed by atoms with van der Waals surface area (Å²) in [4.78, 5) is 33.0. The number of ether oxygens (including phenoxy) is 1. The van der Waals surface area contributed by atoms with E-state index in [9.17, 15) is 19.7 Å². The molecular weight excluding hydrogens is 246 g/mol. The van der Waals surface area contributed by atoms with Crippen molar-refractivity contribution in [3.63, 3.8) is 0 Å². The van der Waals surface area contributed by atoms with Gasteiger partial charge in [-0.3, -0.25) is 19.7 Å². The highest BCUT2D eigenvalue weighted by atomic mass is 32.1. The Hall–Kier alpha value is -1.76. The van der Waals surface area contributed by atoms with Crippen LogP contribution in [0.5, 0.6) is 0 Å². The van der Waals surface area contributed by atoms with Crippen molar-refractivity contribution in [1.29, 1.82) is 0 Å². The number of rotatable bonds is 5. The molecule has 0 bridgehead atoms. The zero-order valence-corrected chi connectivity index (χ0v) is 10.2. The molecule has 0 radical (unpaired) electrons. The molecule has 0 aliphatic rings. The molecule has 1 aromatic rings. The number of nitro groups is 1. The van der Waals surface area contributed by atoms with E-state index in [-0.39, 0.29) is 22.1 Å². The van der Waals surface area contributed by atoms with E-state index in [0.29, 0.717) is 0 Å². The molecule has 6 nitrogen and oxygen atoms in total. The van der Waals surface area contributed by atoms with E-state index in [1.165, 1.54) is 19.2 Å². The van der Waals surface area contributed by atoms with Crippen molar-refractivity contribution in [2.75, 3.05) is 7.11 Å². The lowest BCUT2D eigenvalue weighted by atomic mass is 10.0. The summed E-state index contributed by atoms with van der Waals surface area (Å²) in [6.45, 7) is 1.59. The molecule has 17 heavy (non-hydrogen) atoms. The fourth-order valence-corrected chi connectivity index (χ4v) is 2.10. The Labute approximate surface area is 101 Å². The monoisotopic (exact) mass is 257 g/mol. The second-order valence-electron chi connectivity index (χ2n) is 3.44. The number of hydrogen-bond donors (Lipinski definition) is 0. The van der Waals surface area contributed by atoms with Crippen LogP contribution in [0.2, 0.25) is 0 Å². The third-order valence-electron chi connectivity index (χ3n) is 2.16. The normalized spacial score (nSPS) is 11.9. The average Bonchev–Trinajstić information content (AvgIpc) is 2.77. The predicted molar refractivity (Wildman–Crippen MR) is 61.1 cm³/mol. The van der Waals surface area contributed by atoms with Crippen LogP contribution in [0, 0.1) is 16.0 Å². The van der Waals surface area contributed by atoms with Gasteiger partial charge in [0.05, 0.1) is 23.3 Å². The Bertz CT molecular complexity index is 453. The molecule has 0 N–H and O–H groups in total. The second-order valence-corrected chi connectivity index (χ2v) is 4.50. The Kier molecular flexibility index (Phi) is 4.33. The quantitative estimate of drug-likeness (QED) is 0.348. The fraction of sp³-hybridized carbons (Fsp3) is 0.400. The first-order chi connectivity index (χ1) is 7.95. The molecule has 0 aliphatic carbocycles. The van der Waals surface area contributed by atoms with E-state index in [4.69, 9.17) is 0 Å². The number of carbonyl (C=O) groups is 2. The molecule has 7 heteroatoms. The second kappa shape index (κ2) is 5.53. The van der Waals surface area contributed by atoms with Gasteiger partial charge in [0, 0.05) is 12.0 Å². The first-order valence-electron chi connectivity index (χ1n) is 4.81. The van der Waals surface area contributed by atoms with Gasteiger partial charge in [-0.05, 0) is 6.07 Å². The molecule has 1 aromatic heterocycles. The molecule has 1 atom stereocenters. The first-order valence-corrected chi connectivity index (χ1v) is 5.62. The predicted octanol–water partition coefficient (Wildman–Crippen LogP) is 2.04. The minimum Gasteiger partial charge on any atom is -0.469 e. The summed E-state index contributed by atoms with van der Waals surface area (Å²) in [5, 5.41) is 10.4. The van der Waals surface area contributed by atoms with Gasteiger partial charge in [0.2, 0.25) is 0 Å². The number of carbonyl (C=O) groups excluding carboxylic acids is 2. The molecular formula is C10H11NO5S. The Balaban J connectivity index is 2.74. The van der Waals surface area contributed by atoms with Crippen LogP contribution in [0.4, 0.5) is 5.00 Å². The van der Waals surface area contributed by atoms with E-state index >= 15 is 0 Å². The molecule has 1 unspecified atom stereocenters. The van der Waals surface area contributed by atoms with Crippen molar-refractivity contribution in [2.24, 2.45) is 5.92 Å². The molecule has 0 aromatic carbocycles. The zero-order chi connectivity index (χ0) is 13.0. The van der Waals surface area contributed by atoms with Gasteiger partial charge in [-0.15, -0.1) is 0 Å². The fourth-order valence-electron chi connectivity index (χ4n) is 1.23. The largest absolute Gasteiger partial charge is 0.469 e. The van der Waals surface area contributed by atoms with Gasteiger partial charge in [0.25, 0.3) is 0 Å². The van der Waals surface area contributed by atoms with Gasteiger partial charge in [0.1, 0.15) is 0 Å². The molecule has 92 valence electrons. The molecule has 0 saturated heterocycles. The van der Waals surface area contributed by atoms with Crippen LogP contribution >= 0.6 is 11.3 Å². The number of methoxy groups -OCH3 is 1. The highest BCUT2D eigenvalue weighted by molar-refractivity contribution is 7.17. The molecule has 0 spiro atoms. The van der Waals surface area contributed by atoms with Crippen molar-refractivity contribution >= 4 is 28.1 Å². The van der Waals surface area contributed by atoms with Crippen molar-refractivity contribution in [3.8, 4) is 0 Å². The summed E-state index contributed by atoms with van der Waals surface area (Å²) in [5.74, 6) is -1.30. The third-order valence-corrected chi connectivity index (χ3v) is 3.21. The lowest BCUT2D eigenvalue weighted by Crippen LogP contribution is -2.15. The van der Waals surface area contributed by atoms with E-state index in [1.54, 1.807) is 6.92 Å². The topological polar surface area (TPSA) is 86.5 Å². The molecule has 0 aliphatic heterocycles. The van der Waals surface area contributed by atoms with Gasteiger partial charge >= 0.3 is 11.0 Å². The van der Waals surface area contributed by atoms with Gasteiger partial charge in [-0.1, -0.05) is 18.3 Å². The Morgan fingerprint density at radius 3 is 2.65 bits per heavy atom. The summed E-state index contributed by atoms with van der Waals surface area (Å²) in [6, 6.07) is 2.68. The van der Waals surface area contributed by atoms with E-state index in [2.05, 4.69) is 4.74 Å². The number of Topliss-reactive ketones (excluding diaryl/α,β-unsaturated/α-hetero) is 1. The maximum atomic E-state index is 11.8. The average molecular weight is 257 g/mol. The first kappa shape index (κ1) is 13.3. The lowest BCUT2D eigenvalue weighted by Gasteiger charge is -2.06. The van der Waals surface area contributed by atoms with Crippen molar-refractivity contribution in [1.82, 2.24) is 0 Å². The Morgan fingerprint density at radius 2 is 2.18 bits per heavy atom. The third kappa shape index (κ3) is 3.35. The van der Waals surface area contributed by atoms with Crippen LogP contribution in [0.15, 0.2) is 12.1 Å². The molecule has 1 heterocycles.